The van der Waals surface area contributed by atoms with Gasteiger partial charge in [0, 0.05) is 19.4 Å². The second-order valence-electron chi connectivity index (χ2n) is 2.83. The minimum Gasteiger partial charge on any atom is -0.477 e. The first-order valence-corrected chi connectivity index (χ1v) is 3.67. The highest BCUT2D eigenvalue weighted by molar-refractivity contribution is 5.75. The van der Waals surface area contributed by atoms with Gasteiger partial charge >= 0.3 is 17.6 Å². The lowest BCUT2D eigenvalue weighted by Gasteiger charge is -2.10. The van der Waals surface area contributed by atoms with Crippen LogP contribution < -0.4 is 5.69 Å². The van der Waals surface area contributed by atoms with Crippen LogP contribution in [0.15, 0.2) is 17.2 Å². The Labute approximate surface area is 77.2 Å². The maximum atomic E-state index is 12.7. The minimum absolute atomic E-state index is 0.647. The number of aromatic nitrogens is 2. The van der Waals surface area contributed by atoms with Gasteiger partial charge < -0.3 is 9.67 Å². The van der Waals surface area contributed by atoms with Gasteiger partial charge in [-0.25, -0.2) is 9.59 Å². The van der Waals surface area contributed by atoms with E-state index in [0.717, 1.165) is 10.8 Å². The molecule has 1 aromatic rings. The van der Waals surface area contributed by atoms with Gasteiger partial charge in [0.25, 0.3) is 0 Å². The molecule has 0 radical (unpaired) electrons. The fraction of sp³-hybridized carbons (Fsp3) is 0.429. The van der Waals surface area contributed by atoms with Gasteiger partial charge in [-0.3, -0.25) is 4.57 Å². The van der Waals surface area contributed by atoms with Crippen molar-refractivity contribution in [1.82, 2.24) is 9.13 Å². The number of nitrogens with zero attached hydrogens (tertiary/aromatic N) is 2. The highest BCUT2D eigenvalue weighted by atomic mass is 19.3. The van der Waals surface area contributed by atoms with E-state index in [2.05, 4.69) is 0 Å². The molecule has 0 aromatic carbocycles. The highest BCUT2D eigenvalue weighted by Gasteiger charge is 2.39. The van der Waals surface area contributed by atoms with Crippen molar-refractivity contribution in [3.05, 3.63) is 22.9 Å². The third-order valence-corrected chi connectivity index (χ3v) is 1.70. The number of alkyl halides is 2. The lowest BCUT2D eigenvalue weighted by Crippen LogP contribution is -2.37. The molecule has 0 aliphatic heterocycles. The van der Waals surface area contributed by atoms with Crippen molar-refractivity contribution in [1.29, 1.82) is 0 Å². The van der Waals surface area contributed by atoms with Crippen molar-refractivity contribution < 1.29 is 18.7 Å². The molecule has 0 amide bonds. The van der Waals surface area contributed by atoms with Crippen LogP contribution in [0.1, 0.15) is 0 Å². The third kappa shape index (κ3) is 1.81. The first kappa shape index (κ1) is 10.4. The summed E-state index contributed by atoms with van der Waals surface area (Å²) in [5, 5.41) is 8.13. The van der Waals surface area contributed by atoms with Gasteiger partial charge in [0.15, 0.2) is 0 Å². The molecule has 0 bridgehead atoms. The maximum Gasteiger partial charge on any atom is 0.376 e. The summed E-state index contributed by atoms with van der Waals surface area (Å²) in [7, 11) is 1.39. The predicted octanol–water partition coefficient (Wildman–Crippen LogP) is -0.0933. The molecular weight excluding hydrogens is 198 g/mol. The standard InChI is InChI=1S/C7H8F2N2O3/c1-10-2-3-11(6(10)14)4-7(8,9)5(12)13/h2-3H,4H2,1H3,(H,12,13). The molecule has 14 heavy (non-hydrogen) atoms. The lowest BCUT2D eigenvalue weighted by atomic mass is 10.3. The molecule has 0 unspecified atom stereocenters. The van der Waals surface area contributed by atoms with Crippen LogP contribution in [-0.4, -0.2) is 26.1 Å². The number of hydrogen-bond donors (Lipinski definition) is 1. The highest BCUT2D eigenvalue weighted by Crippen LogP contribution is 2.15. The second-order valence-corrected chi connectivity index (χ2v) is 2.83. The molecule has 0 saturated carbocycles. The first-order valence-electron chi connectivity index (χ1n) is 3.67. The Kier molecular flexibility index (Phi) is 2.41. The topological polar surface area (TPSA) is 64.2 Å². The number of aliphatic carboxylic acids is 1. The van der Waals surface area contributed by atoms with Crippen LogP contribution in [-0.2, 0) is 18.4 Å². The normalized spacial score (nSPS) is 11.6. The van der Waals surface area contributed by atoms with Gasteiger partial charge in [-0.05, 0) is 0 Å². The molecular formula is C7H8F2N2O3. The molecule has 0 spiro atoms. The molecule has 0 atom stereocenters. The molecule has 1 N–H and O–H groups in total. The number of aryl methyl sites for hydroxylation is 1. The molecule has 0 saturated heterocycles. The molecule has 1 heterocycles. The van der Waals surface area contributed by atoms with Crippen molar-refractivity contribution in [3.8, 4) is 0 Å². The Morgan fingerprint density at radius 3 is 2.50 bits per heavy atom. The Balaban J connectivity index is 2.95. The van der Waals surface area contributed by atoms with Crippen LogP contribution in [0.2, 0.25) is 0 Å². The van der Waals surface area contributed by atoms with Crippen LogP contribution in [0.5, 0.6) is 0 Å². The minimum atomic E-state index is -3.93. The Bertz CT molecular complexity index is 407. The number of hydrogen-bond acceptors (Lipinski definition) is 2. The predicted molar refractivity (Wildman–Crippen MR) is 42.3 cm³/mol. The zero-order chi connectivity index (χ0) is 10.9. The maximum absolute atomic E-state index is 12.7. The fourth-order valence-corrected chi connectivity index (χ4v) is 0.913. The van der Waals surface area contributed by atoms with Crippen LogP contribution in [0.4, 0.5) is 8.78 Å². The number of halogens is 2. The zero-order valence-electron chi connectivity index (χ0n) is 7.28. The van der Waals surface area contributed by atoms with Gasteiger partial charge in [-0.15, -0.1) is 0 Å². The fourth-order valence-electron chi connectivity index (χ4n) is 0.913. The monoisotopic (exact) mass is 206 g/mol. The van der Waals surface area contributed by atoms with Crippen molar-refractivity contribution in [2.24, 2.45) is 7.05 Å². The van der Waals surface area contributed by atoms with Crippen molar-refractivity contribution >= 4 is 5.97 Å². The Morgan fingerprint density at radius 2 is 2.14 bits per heavy atom. The van der Waals surface area contributed by atoms with Gasteiger partial charge in [0.1, 0.15) is 6.54 Å². The summed E-state index contributed by atoms with van der Waals surface area (Å²) >= 11 is 0. The van der Waals surface area contributed by atoms with E-state index >= 15 is 0 Å². The summed E-state index contributed by atoms with van der Waals surface area (Å²) in [6, 6.07) is 0. The van der Waals surface area contributed by atoms with Crippen LogP contribution >= 0.6 is 0 Å². The molecule has 0 fully saturated rings. The number of carbonyl (C=O) groups is 1. The molecule has 78 valence electrons. The van der Waals surface area contributed by atoms with Gasteiger partial charge in [0.2, 0.25) is 0 Å². The van der Waals surface area contributed by atoms with Gasteiger partial charge in [0.05, 0.1) is 0 Å². The van der Waals surface area contributed by atoms with Crippen molar-refractivity contribution in [2.75, 3.05) is 0 Å². The lowest BCUT2D eigenvalue weighted by molar-refractivity contribution is -0.166. The summed E-state index contributed by atoms with van der Waals surface area (Å²) in [5.74, 6) is -6.17. The average molecular weight is 206 g/mol. The first-order chi connectivity index (χ1) is 6.34. The molecule has 0 aliphatic carbocycles. The molecule has 1 rings (SSSR count). The average Bonchev–Trinajstić information content (AvgIpc) is 2.35. The van der Waals surface area contributed by atoms with E-state index in [1.54, 1.807) is 0 Å². The summed E-state index contributed by atoms with van der Waals surface area (Å²) in [4.78, 5) is 21.1. The molecule has 5 nitrogen and oxygen atoms in total. The van der Waals surface area contributed by atoms with Crippen molar-refractivity contribution in [2.45, 2.75) is 12.5 Å². The Morgan fingerprint density at radius 1 is 1.57 bits per heavy atom. The van der Waals surface area contributed by atoms with E-state index in [1.807, 2.05) is 0 Å². The number of rotatable bonds is 3. The van der Waals surface area contributed by atoms with Crippen LogP contribution in [0.25, 0.3) is 0 Å². The largest absolute Gasteiger partial charge is 0.477 e. The quantitative estimate of drug-likeness (QED) is 0.751. The summed E-state index contributed by atoms with van der Waals surface area (Å²) < 4.78 is 27.0. The SMILES string of the molecule is Cn1ccn(CC(F)(F)C(=O)O)c1=O. The van der Waals surface area contributed by atoms with E-state index in [-0.39, 0.29) is 0 Å². The second kappa shape index (κ2) is 3.24. The number of carboxylic acid groups (broad SMARTS) is 1. The van der Waals surface area contributed by atoms with E-state index in [0.29, 0.717) is 4.57 Å². The number of imidazole rings is 1. The van der Waals surface area contributed by atoms with E-state index in [1.165, 1.54) is 13.2 Å². The molecule has 1 aromatic heterocycles. The van der Waals surface area contributed by atoms with Gasteiger partial charge in [-0.1, -0.05) is 0 Å². The van der Waals surface area contributed by atoms with Gasteiger partial charge in [-0.2, -0.15) is 8.78 Å². The van der Waals surface area contributed by atoms with E-state index in [9.17, 15) is 18.4 Å². The molecule has 7 heteroatoms. The van der Waals surface area contributed by atoms with E-state index in [4.69, 9.17) is 5.11 Å². The van der Waals surface area contributed by atoms with Crippen molar-refractivity contribution in [3.63, 3.8) is 0 Å². The number of carboxylic acids is 1. The molecule has 0 aliphatic rings. The summed E-state index contributed by atoms with van der Waals surface area (Å²) in [5.41, 5.74) is -0.675. The van der Waals surface area contributed by atoms with E-state index < -0.39 is 24.1 Å². The Hall–Kier alpha value is -1.66. The van der Waals surface area contributed by atoms with Crippen LogP contribution in [0.3, 0.4) is 0 Å². The summed E-state index contributed by atoms with van der Waals surface area (Å²) in [6.07, 6.45) is 2.39. The third-order valence-electron chi connectivity index (χ3n) is 1.70. The smallest absolute Gasteiger partial charge is 0.376 e. The van der Waals surface area contributed by atoms with Crippen LogP contribution in [0, 0.1) is 0 Å². The zero-order valence-corrected chi connectivity index (χ0v) is 7.28. The summed E-state index contributed by atoms with van der Waals surface area (Å²) in [6.45, 7) is -1.15.